The van der Waals surface area contributed by atoms with Crippen molar-refractivity contribution >= 4 is 39.0 Å². The van der Waals surface area contributed by atoms with E-state index in [9.17, 15) is 0 Å². The van der Waals surface area contributed by atoms with Crippen LogP contribution in [0.25, 0.3) is 21.8 Å². The number of hydrogen-bond acceptors (Lipinski definition) is 2. The minimum atomic E-state index is 0.778. The van der Waals surface area contributed by atoms with Crippen molar-refractivity contribution in [1.82, 2.24) is 9.88 Å². The van der Waals surface area contributed by atoms with Gasteiger partial charge in [0.2, 0.25) is 0 Å². The smallest absolute Gasteiger partial charge is 0.0825 e. The molecule has 118 valence electrons. The van der Waals surface area contributed by atoms with Gasteiger partial charge in [-0.3, -0.25) is 0 Å². The molecule has 0 atom stereocenters. The molecule has 0 radical (unpaired) electrons. The molecule has 3 nitrogen and oxygen atoms in total. The Morgan fingerprint density at radius 3 is 2.74 bits per heavy atom. The molecular weight excluding hydrogens is 304 g/mol. The second-order valence-corrected chi connectivity index (χ2v) is 6.58. The second-order valence-electron chi connectivity index (χ2n) is 6.11. The van der Waals surface area contributed by atoms with Crippen molar-refractivity contribution in [2.75, 3.05) is 26.3 Å². The molecule has 1 aliphatic rings. The van der Waals surface area contributed by atoms with Crippen LogP contribution in [0.1, 0.15) is 11.1 Å². The quantitative estimate of drug-likeness (QED) is 0.726. The summed E-state index contributed by atoms with van der Waals surface area (Å²) in [6.45, 7) is 5.56. The molecule has 3 aromatic rings. The Kier molecular flexibility index (Phi) is 3.79. The minimum absolute atomic E-state index is 0.778. The first-order chi connectivity index (χ1) is 11.2. The van der Waals surface area contributed by atoms with Crippen LogP contribution in [0.3, 0.4) is 0 Å². The first-order valence-corrected chi connectivity index (χ1v) is 8.49. The molecule has 4 heteroatoms. The van der Waals surface area contributed by atoms with E-state index in [1.54, 1.807) is 0 Å². The maximum Gasteiger partial charge on any atom is 0.0825 e. The first-order valence-electron chi connectivity index (χ1n) is 8.08. The number of aromatic nitrogens is 1. The van der Waals surface area contributed by atoms with Gasteiger partial charge >= 0.3 is 0 Å². The molecule has 1 saturated heterocycles. The van der Waals surface area contributed by atoms with Gasteiger partial charge in [-0.1, -0.05) is 42.5 Å². The summed E-state index contributed by atoms with van der Waals surface area (Å²) < 4.78 is 5.41. The molecule has 0 spiro atoms. The number of aryl methyl sites for hydroxylation is 1. The van der Waals surface area contributed by atoms with Crippen molar-refractivity contribution in [2.45, 2.75) is 13.3 Å². The predicted octanol–water partition coefficient (Wildman–Crippen LogP) is 3.83. The number of thiocarbonyl (C=S) groups is 1. The lowest BCUT2D eigenvalue weighted by Crippen LogP contribution is -2.40. The van der Waals surface area contributed by atoms with Gasteiger partial charge in [-0.15, -0.1) is 0 Å². The van der Waals surface area contributed by atoms with Gasteiger partial charge in [0, 0.05) is 41.3 Å². The largest absolute Gasteiger partial charge is 0.378 e. The molecule has 0 unspecified atom stereocenters. The van der Waals surface area contributed by atoms with Crippen LogP contribution in [-0.2, 0) is 11.2 Å². The van der Waals surface area contributed by atoms with E-state index in [0.717, 1.165) is 37.7 Å². The Morgan fingerprint density at radius 1 is 1.13 bits per heavy atom. The number of ether oxygens (including phenoxy) is 1. The Balaban J connectivity index is 1.69. The second kappa shape index (κ2) is 5.95. The number of nitrogens with one attached hydrogen (secondary N) is 1. The number of para-hydroxylation sites is 1. The van der Waals surface area contributed by atoms with Crippen LogP contribution in [0.4, 0.5) is 0 Å². The van der Waals surface area contributed by atoms with Gasteiger partial charge in [0.25, 0.3) is 0 Å². The van der Waals surface area contributed by atoms with Crippen molar-refractivity contribution in [3.63, 3.8) is 0 Å². The Labute approximate surface area is 141 Å². The van der Waals surface area contributed by atoms with Crippen molar-refractivity contribution in [3.8, 4) is 0 Å². The summed E-state index contributed by atoms with van der Waals surface area (Å²) in [5.74, 6) is 0. The van der Waals surface area contributed by atoms with Crippen molar-refractivity contribution < 1.29 is 4.74 Å². The highest BCUT2D eigenvalue weighted by atomic mass is 32.1. The molecule has 0 aliphatic carbocycles. The highest BCUT2D eigenvalue weighted by molar-refractivity contribution is 7.80. The van der Waals surface area contributed by atoms with E-state index in [-0.39, 0.29) is 0 Å². The van der Waals surface area contributed by atoms with Gasteiger partial charge < -0.3 is 14.6 Å². The summed E-state index contributed by atoms with van der Waals surface area (Å²) in [5.41, 5.74) is 5.03. The highest BCUT2D eigenvalue weighted by Crippen LogP contribution is 2.29. The number of fused-ring (bicyclic) bond motifs is 3. The van der Waals surface area contributed by atoms with Crippen LogP contribution in [0, 0.1) is 6.92 Å². The molecule has 1 aromatic heterocycles. The average molecular weight is 324 g/mol. The fourth-order valence-electron chi connectivity index (χ4n) is 3.38. The van der Waals surface area contributed by atoms with Gasteiger partial charge in [0.05, 0.1) is 18.2 Å². The third-order valence-corrected chi connectivity index (χ3v) is 5.16. The number of morpholine rings is 1. The Morgan fingerprint density at radius 2 is 1.91 bits per heavy atom. The maximum absolute atomic E-state index is 5.66. The lowest BCUT2D eigenvalue weighted by atomic mass is 10.0. The normalized spacial score (nSPS) is 15.4. The summed E-state index contributed by atoms with van der Waals surface area (Å²) in [4.78, 5) is 6.85. The van der Waals surface area contributed by atoms with E-state index in [1.165, 1.54) is 32.9 Å². The summed E-state index contributed by atoms with van der Waals surface area (Å²) in [6, 6.07) is 12.9. The summed E-state index contributed by atoms with van der Waals surface area (Å²) >= 11 is 5.66. The Hall–Kier alpha value is -1.91. The molecule has 4 rings (SSSR count). The molecule has 2 aromatic carbocycles. The van der Waals surface area contributed by atoms with Crippen molar-refractivity contribution in [1.29, 1.82) is 0 Å². The predicted molar refractivity (Wildman–Crippen MR) is 99.2 cm³/mol. The van der Waals surface area contributed by atoms with Crippen LogP contribution in [0.2, 0.25) is 0 Å². The van der Waals surface area contributed by atoms with Crippen LogP contribution < -0.4 is 0 Å². The summed E-state index contributed by atoms with van der Waals surface area (Å²) in [5, 5.41) is 2.58. The average Bonchev–Trinajstić information content (AvgIpc) is 2.98. The molecule has 0 bridgehead atoms. The van der Waals surface area contributed by atoms with E-state index in [1.807, 2.05) is 0 Å². The van der Waals surface area contributed by atoms with Gasteiger partial charge in [-0.05, 0) is 24.1 Å². The zero-order chi connectivity index (χ0) is 15.8. The molecule has 1 N–H and O–H groups in total. The number of aromatic amines is 1. The number of benzene rings is 2. The number of rotatable bonds is 2. The third kappa shape index (κ3) is 2.62. The molecule has 0 amide bonds. The lowest BCUT2D eigenvalue weighted by molar-refractivity contribution is 0.0684. The molecule has 23 heavy (non-hydrogen) atoms. The zero-order valence-electron chi connectivity index (χ0n) is 13.3. The van der Waals surface area contributed by atoms with Crippen LogP contribution in [0.5, 0.6) is 0 Å². The van der Waals surface area contributed by atoms with Crippen LogP contribution in [-0.4, -0.2) is 41.2 Å². The van der Waals surface area contributed by atoms with Gasteiger partial charge in [0.15, 0.2) is 0 Å². The number of nitrogens with zero attached hydrogens (tertiary/aromatic N) is 1. The SMILES string of the molecule is Cc1c(CC(=S)N2CCOCC2)ccc2c1[nH]c1ccccc12. The highest BCUT2D eigenvalue weighted by Gasteiger charge is 2.16. The van der Waals surface area contributed by atoms with Gasteiger partial charge in [-0.2, -0.15) is 0 Å². The molecule has 0 saturated carbocycles. The van der Waals surface area contributed by atoms with Crippen molar-refractivity contribution in [2.24, 2.45) is 0 Å². The van der Waals surface area contributed by atoms with E-state index in [2.05, 4.69) is 53.2 Å². The monoisotopic (exact) mass is 324 g/mol. The Bertz CT molecular complexity index is 878. The van der Waals surface area contributed by atoms with E-state index in [4.69, 9.17) is 17.0 Å². The zero-order valence-corrected chi connectivity index (χ0v) is 14.1. The van der Waals surface area contributed by atoms with Crippen LogP contribution in [0.15, 0.2) is 36.4 Å². The van der Waals surface area contributed by atoms with E-state index in [0.29, 0.717) is 0 Å². The fourth-order valence-corrected chi connectivity index (χ4v) is 3.72. The molecule has 2 heterocycles. The van der Waals surface area contributed by atoms with E-state index < -0.39 is 0 Å². The molecule has 1 fully saturated rings. The summed E-state index contributed by atoms with van der Waals surface area (Å²) in [7, 11) is 0. The molecular formula is C19H20N2OS. The van der Waals surface area contributed by atoms with Gasteiger partial charge in [0.1, 0.15) is 0 Å². The first kappa shape index (κ1) is 14.7. The topological polar surface area (TPSA) is 28.3 Å². The van der Waals surface area contributed by atoms with E-state index >= 15 is 0 Å². The van der Waals surface area contributed by atoms with Gasteiger partial charge in [-0.25, -0.2) is 0 Å². The lowest BCUT2D eigenvalue weighted by Gasteiger charge is -2.29. The number of hydrogen-bond donors (Lipinski definition) is 1. The standard InChI is InChI=1S/C19H20N2OS/c1-13-14(12-18(23)21-8-10-22-11-9-21)6-7-16-15-4-2-3-5-17(15)20-19(13)16/h2-7,20H,8-12H2,1H3. The number of H-pyrrole nitrogens is 1. The minimum Gasteiger partial charge on any atom is -0.378 e. The summed E-state index contributed by atoms with van der Waals surface area (Å²) in [6.07, 6.45) is 0.826. The fraction of sp³-hybridized carbons (Fsp3) is 0.316. The molecule has 1 aliphatic heterocycles. The van der Waals surface area contributed by atoms with Crippen LogP contribution >= 0.6 is 12.2 Å². The third-order valence-electron chi connectivity index (χ3n) is 4.76. The maximum atomic E-state index is 5.66. The van der Waals surface area contributed by atoms with Crippen molar-refractivity contribution in [3.05, 3.63) is 47.5 Å².